The van der Waals surface area contributed by atoms with Gasteiger partial charge in [-0.3, -0.25) is 0 Å². The van der Waals surface area contributed by atoms with Crippen LogP contribution in [0.25, 0.3) is 11.3 Å². The number of nitrogens with zero attached hydrogens (tertiary/aromatic N) is 1. The first-order chi connectivity index (χ1) is 10.7. The molecule has 0 fully saturated rings. The van der Waals surface area contributed by atoms with Crippen molar-refractivity contribution >= 4 is 11.6 Å². The molecule has 1 aromatic heterocycles. The SMILES string of the molecule is CCc1ccc(C(O)c2ncc(-c3ccccc3Cl)[nH]2)cc1. The highest BCUT2D eigenvalue weighted by Crippen LogP contribution is 2.28. The molecule has 22 heavy (non-hydrogen) atoms. The Labute approximate surface area is 134 Å². The van der Waals surface area contributed by atoms with E-state index in [-0.39, 0.29) is 0 Å². The van der Waals surface area contributed by atoms with Crippen LogP contribution in [0.4, 0.5) is 0 Å². The van der Waals surface area contributed by atoms with Gasteiger partial charge in [-0.15, -0.1) is 0 Å². The van der Waals surface area contributed by atoms with Crippen LogP contribution in [0.3, 0.4) is 0 Å². The summed E-state index contributed by atoms with van der Waals surface area (Å²) < 4.78 is 0. The molecule has 0 spiro atoms. The summed E-state index contributed by atoms with van der Waals surface area (Å²) in [5.41, 5.74) is 3.73. The molecule has 0 aliphatic heterocycles. The van der Waals surface area contributed by atoms with E-state index in [0.717, 1.165) is 23.2 Å². The maximum absolute atomic E-state index is 10.5. The molecule has 3 aromatic rings. The minimum Gasteiger partial charge on any atom is -0.380 e. The molecule has 0 aliphatic carbocycles. The summed E-state index contributed by atoms with van der Waals surface area (Å²) in [5.74, 6) is 0.513. The lowest BCUT2D eigenvalue weighted by atomic mass is 10.1. The van der Waals surface area contributed by atoms with Crippen molar-refractivity contribution in [2.75, 3.05) is 0 Å². The minimum atomic E-state index is -0.776. The monoisotopic (exact) mass is 312 g/mol. The van der Waals surface area contributed by atoms with Crippen molar-refractivity contribution in [2.45, 2.75) is 19.4 Å². The number of aliphatic hydroxyl groups excluding tert-OH is 1. The number of rotatable bonds is 4. The fraction of sp³-hybridized carbons (Fsp3) is 0.167. The van der Waals surface area contributed by atoms with E-state index >= 15 is 0 Å². The number of aryl methyl sites for hydroxylation is 1. The Kier molecular flexibility index (Phi) is 4.27. The zero-order valence-corrected chi connectivity index (χ0v) is 13.0. The summed E-state index contributed by atoms with van der Waals surface area (Å²) in [4.78, 5) is 7.44. The highest BCUT2D eigenvalue weighted by Gasteiger charge is 2.15. The molecule has 0 radical (unpaired) electrons. The molecule has 112 valence electrons. The fourth-order valence-electron chi connectivity index (χ4n) is 2.39. The Hall–Kier alpha value is -2.10. The van der Waals surface area contributed by atoms with Gasteiger partial charge < -0.3 is 10.1 Å². The van der Waals surface area contributed by atoms with E-state index in [4.69, 9.17) is 11.6 Å². The molecule has 0 bridgehead atoms. The molecular formula is C18H17ClN2O. The molecule has 3 rings (SSSR count). The molecule has 0 aliphatic rings. The predicted molar refractivity (Wildman–Crippen MR) is 88.9 cm³/mol. The second kappa shape index (κ2) is 6.34. The van der Waals surface area contributed by atoms with Crippen LogP contribution in [-0.4, -0.2) is 15.1 Å². The topological polar surface area (TPSA) is 48.9 Å². The summed E-state index contributed by atoms with van der Waals surface area (Å²) in [6.07, 6.45) is 1.90. The number of hydrogen-bond acceptors (Lipinski definition) is 2. The van der Waals surface area contributed by atoms with Gasteiger partial charge in [0.2, 0.25) is 0 Å². The smallest absolute Gasteiger partial charge is 0.140 e. The zero-order valence-electron chi connectivity index (χ0n) is 12.3. The van der Waals surface area contributed by atoms with E-state index in [2.05, 4.69) is 16.9 Å². The molecule has 0 saturated carbocycles. The van der Waals surface area contributed by atoms with Gasteiger partial charge in [-0.05, 0) is 23.6 Å². The molecule has 1 atom stereocenters. The Morgan fingerprint density at radius 1 is 1.14 bits per heavy atom. The summed E-state index contributed by atoms with van der Waals surface area (Å²) in [7, 11) is 0. The van der Waals surface area contributed by atoms with Crippen LogP contribution in [0, 0.1) is 0 Å². The Balaban J connectivity index is 1.88. The predicted octanol–water partition coefficient (Wildman–Crippen LogP) is 4.37. The first-order valence-electron chi connectivity index (χ1n) is 7.25. The van der Waals surface area contributed by atoms with Crippen LogP contribution in [0.1, 0.15) is 30.0 Å². The number of benzene rings is 2. The molecule has 2 aromatic carbocycles. The van der Waals surface area contributed by atoms with Gasteiger partial charge in [-0.2, -0.15) is 0 Å². The number of imidazole rings is 1. The van der Waals surface area contributed by atoms with E-state index in [1.165, 1.54) is 5.56 Å². The maximum atomic E-state index is 10.5. The van der Waals surface area contributed by atoms with Crippen LogP contribution in [-0.2, 0) is 6.42 Å². The van der Waals surface area contributed by atoms with Crippen LogP contribution in [0.2, 0.25) is 5.02 Å². The van der Waals surface area contributed by atoms with Crippen LogP contribution in [0.15, 0.2) is 54.7 Å². The molecule has 1 heterocycles. The number of aromatic nitrogens is 2. The zero-order chi connectivity index (χ0) is 15.5. The first kappa shape index (κ1) is 14.8. The second-order valence-electron chi connectivity index (χ2n) is 5.16. The molecule has 2 N–H and O–H groups in total. The third kappa shape index (κ3) is 2.91. The number of aliphatic hydroxyl groups is 1. The van der Waals surface area contributed by atoms with Gasteiger partial charge in [0.05, 0.1) is 11.9 Å². The van der Waals surface area contributed by atoms with E-state index < -0.39 is 6.10 Å². The third-order valence-corrected chi connectivity index (χ3v) is 4.05. The molecule has 0 saturated heterocycles. The van der Waals surface area contributed by atoms with Crippen LogP contribution < -0.4 is 0 Å². The van der Waals surface area contributed by atoms with Crippen molar-refractivity contribution in [1.82, 2.24) is 9.97 Å². The van der Waals surface area contributed by atoms with E-state index in [1.807, 2.05) is 48.5 Å². The number of nitrogens with one attached hydrogen (secondary N) is 1. The maximum Gasteiger partial charge on any atom is 0.140 e. The Bertz CT molecular complexity index is 765. The third-order valence-electron chi connectivity index (χ3n) is 3.72. The largest absolute Gasteiger partial charge is 0.380 e. The lowest BCUT2D eigenvalue weighted by molar-refractivity contribution is 0.211. The minimum absolute atomic E-state index is 0.513. The van der Waals surface area contributed by atoms with Gasteiger partial charge in [0.1, 0.15) is 11.9 Å². The Morgan fingerprint density at radius 2 is 1.86 bits per heavy atom. The summed E-state index contributed by atoms with van der Waals surface area (Å²) >= 11 is 6.19. The van der Waals surface area contributed by atoms with Gasteiger partial charge in [0, 0.05) is 10.6 Å². The van der Waals surface area contributed by atoms with Crippen molar-refractivity contribution in [3.05, 3.63) is 76.7 Å². The fourth-order valence-corrected chi connectivity index (χ4v) is 2.62. The van der Waals surface area contributed by atoms with E-state index in [1.54, 1.807) is 6.20 Å². The van der Waals surface area contributed by atoms with Crippen molar-refractivity contribution in [3.63, 3.8) is 0 Å². The number of H-pyrrole nitrogens is 1. The lowest BCUT2D eigenvalue weighted by Gasteiger charge is -2.09. The van der Waals surface area contributed by atoms with Gasteiger partial charge in [0.15, 0.2) is 0 Å². The molecule has 1 unspecified atom stereocenters. The average Bonchev–Trinajstić information content (AvgIpc) is 3.04. The lowest BCUT2D eigenvalue weighted by Crippen LogP contribution is -2.02. The van der Waals surface area contributed by atoms with Crippen molar-refractivity contribution in [2.24, 2.45) is 0 Å². The molecule has 4 heteroatoms. The normalized spacial score (nSPS) is 12.3. The van der Waals surface area contributed by atoms with Crippen molar-refractivity contribution in [1.29, 1.82) is 0 Å². The summed E-state index contributed by atoms with van der Waals surface area (Å²) in [6.45, 7) is 2.11. The molecule has 3 nitrogen and oxygen atoms in total. The number of aromatic amines is 1. The van der Waals surface area contributed by atoms with Crippen molar-refractivity contribution < 1.29 is 5.11 Å². The highest BCUT2D eigenvalue weighted by atomic mass is 35.5. The van der Waals surface area contributed by atoms with E-state index in [0.29, 0.717) is 10.8 Å². The summed E-state index contributed by atoms with van der Waals surface area (Å²) in [6, 6.07) is 15.5. The highest BCUT2D eigenvalue weighted by molar-refractivity contribution is 6.33. The quantitative estimate of drug-likeness (QED) is 0.751. The molecular weight excluding hydrogens is 296 g/mol. The number of halogens is 1. The number of hydrogen-bond donors (Lipinski definition) is 2. The average molecular weight is 313 g/mol. The van der Waals surface area contributed by atoms with Gasteiger partial charge in [0.25, 0.3) is 0 Å². The van der Waals surface area contributed by atoms with Crippen LogP contribution in [0.5, 0.6) is 0 Å². The van der Waals surface area contributed by atoms with Gasteiger partial charge >= 0.3 is 0 Å². The van der Waals surface area contributed by atoms with Crippen LogP contribution >= 0.6 is 11.6 Å². The summed E-state index contributed by atoms with van der Waals surface area (Å²) in [5, 5.41) is 11.1. The van der Waals surface area contributed by atoms with Crippen molar-refractivity contribution in [3.8, 4) is 11.3 Å². The van der Waals surface area contributed by atoms with Gasteiger partial charge in [-0.25, -0.2) is 4.98 Å². The van der Waals surface area contributed by atoms with E-state index in [9.17, 15) is 5.11 Å². The first-order valence-corrected chi connectivity index (χ1v) is 7.63. The van der Waals surface area contributed by atoms with Gasteiger partial charge in [-0.1, -0.05) is 61.0 Å². The second-order valence-corrected chi connectivity index (χ2v) is 5.57. The Morgan fingerprint density at radius 3 is 2.55 bits per heavy atom. The molecule has 0 amide bonds. The standard InChI is InChI=1S/C18H17ClN2O/c1-2-12-7-9-13(10-8-12)17(22)18-20-11-16(21-18)14-5-3-4-6-15(14)19/h3-11,17,22H,2H2,1H3,(H,20,21).